The minimum atomic E-state index is 0.451. The van der Waals surface area contributed by atoms with E-state index in [1.54, 1.807) is 18.4 Å². The smallest absolute Gasteiger partial charge is 0.0897 e. The van der Waals surface area contributed by atoms with Crippen LogP contribution in [-0.4, -0.2) is 24.7 Å². The summed E-state index contributed by atoms with van der Waals surface area (Å²) in [6, 6.07) is 0.451. The Balaban J connectivity index is 2.30. The molecule has 1 heterocycles. The molecule has 0 aliphatic carbocycles. The van der Waals surface area contributed by atoms with Crippen LogP contribution in [0.5, 0.6) is 0 Å². The number of unbranched alkanes of at least 4 members (excludes halogenated alkanes) is 1. The lowest BCUT2D eigenvalue weighted by Gasteiger charge is -2.16. The molecule has 0 spiro atoms. The fraction of sp³-hybridized carbons (Fsp3) is 0.750. The largest absolute Gasteiger partial charge is 0.383 e. The zero-order valence-electron chi connectivity index (χ0n) is 10.5. The van der Waals surface area contributed by atoms with E-state index in [4.69, 9.17) is 4.74 Å². The first-order valence-electron chi connectivity index (χ1n) is 5.89. The SMILES string of the molecule is CCCCC(COC)NCc1csc(C)n1. The van der Waals surface area contributed by atoms with Gasteiger partial charge in [-0.15, -0.1) is 11.3 Å². The molecule has 1 N–H and O–H groups in total. The van der Waals surface area contributed by atoms with Gasteiger partial charge in [0.05, 0.1) is 17.3 Å². The second-order valence-corrected chi connectivity index (χ2v) is 5.10. The van der Waals surface area contributed by atoms with E-state index >= 15 is 0 Å². The van der Waals surface area contributed by atoms with Crippen molar-refractivity contribution in [3.05, 3.63) is 16.1 Å². The molecule has 0 saturated heterocycles. The molecule has 0 aliphatic rings. The van der Waals surface area contributed by atoms with Gasteiger partial charge in [0.25, 0.3) is 0 Å². The van der Waals surface area contributed by atoms with Gasteiger partial charge in [0.1, 0.15) is 0 Å². The number of aromatic nitrogens is 1. The second kappa shape index (κ2) is 7.76. The van der Waals surface area contributed by atoms with Crippen LogP contribution in [0.3, 0.4) is 0 Å². The quantitative estimate of drug-likeness (QED) is 0.761. The Hall–Kier alpha value is -0.450. The van der Waals surface area contributed by atoms with E-state index in [0.29, 0.717) is 6.04 Å². The van der Waals surface area contributed by atoms with Crippen LogP contribution in [0.1, 0.15) is 36.9 Å². The zero-order valence-corrected chi connectivity index (χ0v) is 11.3. The van der Waals surface area contributed by atoms with Crippen LogP contribution in [0.15, 0.2) is 5.38 Å². The third-order valence-corrected chi connectivity index (χ3v) is 3.33. The topological polar surface area (TPSA) is 34.1 Å². The lowest BCUT2D eigenvalue weighted by Crippen LogP contribution is -2.32. The Kier molecular flexibility index (Phi) is 6.61. The summed E-state index contributed by atoms with van der Waals surface area (Å²) in [5.74, 6) is 0. The van der Waals surface area contributed by atoms with Crippen LogP contribution in [0, 0.1) is 6.92 Å². The summed E-state index contributed by atoms with van der Waals surface area (Å²) in [7, 11) is 1.76. The molecular weight excluding hydrogens is 220 g/mol. The van der Waals surface area contributed by atoms with E-state index < -0.39 is 0 Å². The molecule has 1 atom stereocenters. The number of ether oxygens (including phenoxy) is 1. The minimum Gasteiger partial charge on any atom is -0.383 e. The highest BCUT2D eigenvalue weighted by Gasteiger charge is 2.08. The molecule has 1 unspecified atom stereocenters. The fourth-order valence-electron chi connectivity index (χ4n) is 1.63. The first kappa shape index (κ1) is 13.6. The highest BCUT2D eigenvalue weighted by atomic mass is 32.1. The molecule has 1 rings (SSSR count). The lowest BCUT2D eigenvalue weighted by atomic mass is 10.1. The normalized spacial score (nSPS) is 12.9. The molecule has 0 amide bonds. The molecule has 0 fully saturated rings. The van der Waals surface area contributed by atoms with Crippen molar-refractivity contribution in [1.29, 1.82) is 0 Å². The summed E-state index contributed by atoms with van der Waals surface area (Å²) in [5, 5.41) is 6.75. The number of rotatable bonds is 8. The molecule has 0 aliphatic heterocycles. The molecule has 1 aromatic heterocycles. The summed E-state index contributed by atoms with van der Waals surface area (Å²) < 4.78 is 5.21. The maximum Gasteiger partial charge on any atom is 0.0897 e. The van der Waals surface area contributed by atoms with Crippen LogP contribution in [0.2, 0.25) is 0 Å². The van der Waals surface area contributed by atoms with E-state index in [9.17, 15) is 0 Å². The number of nitrogens with one attached hydrogen (secondary N) is 1. The number of nitrogens with zero attached hydrogens (tertiary/aromatic N) is 1. The van der Waals surface area contributed by atoms with E-state index in [1.807, 2.05) is 6.92 Å². The highest BCUT2D eigenvalue weighted by molar-refractivity contribution is 7.09. The molecule has 4 heteroatoms. The van der Waals surface area contributed by atoms with E-state index in [2.05, 4.69) is 22.6 Å². The van der Waals surface area contributed by atoms with Crippen molar-refractivity contribution < 1.29 is 4.74 Å². The molecular formula is C12H22N2OS. The van der Waals surface area contributed by atoms with Crippen molar-refractivity contribution >= 4 is 11.3 Å². The summed E-state index contributed by atoms with van der Waals surface area (Å²) in [5.41, 5.74) is 1.14. The highest BCUT2D eigenvalue weighted by Crippen LogP contribution is 2.08. The lowest BCUT2D eigenvalue weighted by molar-refractivity contribution is 0.160. The van der Waals surface area contributed by atoms with E-state index in [1.165, 1.54) is 19.3 Å². The van der Waals surface area contributed by atoms with Gasteiger partial charge in [0.2, 0.25) is 0 Å². The molecule has 16 heavy (non-hydrogen) atoms. The Morgan fingerprint density at radius 3 is 2.94 bits per heavy atom. The minimum absolute atomic E-state index is 0.451. The van der Waals surface area contributed by atoms with E-state index in [0.717, 1.165) is 23.9 Å². The number of methoxy groups -OCH3 is 1. The summed E-state index contributed by atoms with van der Waals surface area (Å²) in [4.78, 5) is 4.44. The second-order valence-electron chi connectivity index (χ2n) is 4.03. The van der Waals surface area contributed by atoms with Gasteiger partial charge >= 0.3 is 0 Å². The Labute approximate surface area is 102 Å². The predicted octanol–water partition coefficient (Wildman–Crippen LogP) is 2.75. The van der Waals surface area contributed by atoms with Gasteiger partial charge in [0.15, 0.2) is 0 Å². The van der Waals surface area contributed by atoms with Crippen molar-refractivity contribution in [2.75, 3.05) is 13.7 Å². The van der Waals surface area contributed by atoms with Crippen molar-refractivity contribution in [2.24, 2.45) is 0 Å². The summed E-state index contributed by atoms with van der Waals surface area (Å²) in [6.07, 6.45) is 3.66. The van der Waals surface area contributed by atoms with Crippen molar-refractivity contribution in [2.45, 2.75) is 45.7 Å². The molecule has 0 radical (unpaired) electrons. The van der Waals surface area contributed by atoms with E-state index in [-0.39, 0.29) is 0 Å². The van der Waals surface area contributed by atoms with Gasteiger partial charge < -0.3 is 10.1 Å². The third-order valence-electron chi connectivity index (χ3n) is 2.51. The molecule has 0 bridgehead atoms. The first-order valence-corrected chi connectivity index (χ1v) is 6.77. The van der Waals surface area contributed by atoms with Gasteiger partial charge in [-0.1, -0.05) is 19.8 Å². The summed E-state index contributed by atoms with van der Waals surface area (Å²) >= 11 is 1.70. The molecule has 0 aromatic carbocycles. The van der Waals surface area contributed by atoms with Crippen LogP contribution in [0.25, 0.3) is 0 Å². The summed E-state index contributed by atoms with van der Waals surface area (Å²) in [6.45, 7) is 5.89. The van der Waals surface area contributed by atoms with Crippen LogP contribution in [0.4, 0.5) is 0 Å². The standard InChI is InChI=1S/C12H22N2OS/c1-4-5-6-11(8-15-3)13-7-12-9-16-10(2)14-12/h9,11,13H,4-8H2,1-3H3. The Morgan fingerprint density at radius 2 is 2.38 bits per heavy atom. The number of hydrogen-bond donors (Lipinski definition) is 1. The molecule has 92 valence electrons. The fourth-order valence-corrected chi connectivity index (χ4v) is 2.25. The molecule has 1 aromatic rings. The van der Waals surface area contributed by atoms with Gasteiger partial charge in [-0.2, -0.15) is 0 Å². The zero-order chi connectivity index (χ0) is 11.8. The molecule has 3 nitrogen and oxygen atoms in total. The van der Waals surface area contributed by atoms with Crippen molar-refractivity contribution in [3.63, 3.8) is 0 Å². The predicted molar refractivity (Wildman–Crippen MR) is 68.9 cm³/mol. The number of aryl methyl sites for hydroxylation is 1. The monoisotopic (exact) mass is 242 g/mol. The number of thiazole rings is 1. The maximum atomic E-state index is 5.21. The van der Waals surface area contributed by atoms with Crippen molar-refractivity contribution in [3.8, 4) is 0 Å². The van der Waals surface area contributed by atoms with Crippen LogP contribution >= 0.6 is 11.3 Å². The first-order chi connectivity index (χ1) is 7.76. The molecule has 0 saturated carbocycles. The number of hydrogen-bond acceptors (Lipinski definition) is 4. The van der Waals surface area contributed by atoms with Gasteiger partial charge in [-0.3, -0.25) is 0 Å². The van der Waals surface area contributed by atoms with Crippen LogP contribution < -0.4 is 5.32 Å². The Bertz CT molecular complexity index is 288. The van der Waals surface area contributed by atoms with Crippen molar-refractivity contribution in [1.82, 2.24) is 10.3 Å². The van der Waals surface area contributed by atoms with Gasteiger partial charge in [-0.05, 0) is 13.3 Å². The Morgan fingerprint density at radius 1 is 1.56 bits per heavy atom. The van der Waals surface area contributed by atoms with Gasteiger partial charge in [-0.25, -0.2) is 4.98 Å². The third kappa shape index (κ3) is 5.05. The average Bonchev–Trinajstić information content (AvgIpc) is 2.68. The van der Waals surface area contributed by atoms with Crippen LogP contribution in [-0.2, 0) is 11.3 Å². The van der Waals surface area contributed by atoms with Gasteiger partial charge in [0, 0.05) is 25.1 Å². The maximum absolute atomic E-state index is 5.21. The average molecular weight is 242 g/mol.